The van der Waals surface area contributed by atoms with Gasteiger partial charge in [-0.15, -0.1) is 0 Å². The van der Waals surface area contributed by atoms with E-state index < -0.39 is 24.0 Å². The van der Waals surface area contributed by atoms with Gasteiger partial charge >= 0.3 is 18.0 Å². The van der Waals surface area contributed by atoms with Crippen molar-refractivity contribution in [3.05, 3.63) is 18.2 Å². The lowest BCUT2D eigenvalue weighted by Gasteiger charge is -2.20. The predicted molar refractivity (Wildman–Crippen MR) is 66.9 cm³/mol. The second-order valence-electron chi connectivity index (χ2n) is 4.05. The molecular formula is C11H16N4O5. The molecule has 0 aliphatic heterocycles. The molecule has 1 heterocycles. The number of hydrogen-bond donors (Lipinski definition) is 3. The van der Waals surface area contributed by atoms with E-state index in [2.05, 4.69) is 20.0 Å². The van der Waals surface area contributed by atoms with E-state index in [4.69, 9.17) is 5.11 Å². The Morgan fingerprint density at radius 3 is 2.75 bits per heavy atom. The van der Waals surface area contributed by atoms with Crippen LogP contribution < -0.4 is 5.32 Å². The van der Waals surface area contributed by atoms with Crippen LogP contribution in [-0.4, -0.2) is 64.7 Å². The SMILES string of the molecule is COC(=O)CN(C)C(=O)N[C@H](Cc1cnc[nH]1)C(=O)O. The van der Waals surface area contributed by atoms with Gasteiger partial charge in [-0.25, -0.2) is 14.6 Å². The van der Waals surface area contributed by atoms with Crippen LogP contribution in [-0.2, 0) is 20.7 Å². The van der Waals surface area contributed by atoms with Crippen LogP contribution in [0, 0.1) is 0 Å². The highest BCUT2D eigenvalue weighted by Gasteiger charge is 2.23. The minimum atomic E-state index is -1.18. The molecule has 110 valence electrons. The van der Waals surface area contributed by atoms with E-state index in [1.165, 1.54) is 26.7 Å². The monoisotopic (exact) mass is 284 g/mol. The summed E-state index contributed by atoms with van der Waals surface area (Å²) in [6.45, 7) is -0.265. The van der Waals surface area contributed by atoms with Crippen molar-refractivity contribution in [1.29, 1.82) is 0 Å². The lowest BCUT2D eigenvalue weighted by Crippen LogP contribution is -2.48. The zero-order chi connectivity index (χ0) is 15.1. The highest BCUT2D eigenvalue weighted by Crippen LogP contribution is 2.00. The van der Waals surface area contributed by atoms with Crippen LogP contribution in [0.1, 0.15) is 5.69 Å². The number of carboxylic acid groups (broad SMARTS) is 1. The molecular weight excluding hydrogens is 268 g/mol. The third-order valence-electron chi connectivity index (χ3n) is 2.52. The first-order valence-corrected chi connectivity index (χ1v) is 5.72. The number of carboxylic acids is 1. The number of urea groups is 1. The van der Waals surface area contributed by atoms with Crippen molar-refractivity contribution in [1.82, 2.24) is 20.2 Å². The van der Waals surface area contributed by atoms with Gasteiger partial charge in [-0.1, -0.05) is 0 Å². The summed E-state index contributed by atoms with van der Waals surface area (Å²) in [4.78, 5) is 41.4. The van der Waals surface area contributed by atoms with Gasteiger partial charge in [0.1, 0.15) is 12.6 Å². The van der Waals surface area contributed by atoms with E-state index in [1.807, 2.05) is 0 Å². The molecule has 0 aromatic carbocycles. The summed E-state index contributed by atoms with van der Waals surface area (Å²) in [5.41, 5.74) is 0.577. The molecule has 0 radical (unpaired) electrons. The van der Waals surface area contributed by atoms with E-state index in [9.17, 15) is 14.4 Å². The van der Waals surface area contributed by atoms with Crippen LogP contribution in [0.25, 0.3) is 0 Å². The minimum absolute atomic E-state index is 0.0626. The van der Waals surface area contributed by atoms with Gasteiger partial charge in [0.25, 0.3) is 0 Å². The van der Waals surface area contributed by atoms with E-state index >= 15 is 0 Å². The summed E-state index contributed by atoms with van der Waals surface area (Å²) >= 11 is 0. The standard InChI is InChI=1S/C11H16N4O5/c1-15(5-9(16)20-2)11(19)14-8(10(17)18)3-7-4-12-6-13-7/h4,6,8H,3,5H2,1-2H3,(H,12,13)(H,14,19)(H,17,18)/t8-/m1/s1. The Morgan fingerprint density at radius 1 is 1.55 bits per heavy atom. The molecule has 0 unspecified atom stereocenters. The molecule has 9 nitrogen and oxygen atoms in total. The molecule has 0 aliphatic rings. The Balaban J connectivity index is 2.59. The van der Waals surface area contributed by atoms with Crippen LogP contribution in [0.4, 0.5) is 4.79 Å². The zero-order valence-electron chi connectivity index (χ0n) is 11.1. The number of aromatic nitrogens is 2. The number of imidazole rings is 1. The number of H-pyrrole nitrogens is 1. The summed E-state index contributed by atoms with van der Waals surface area (Å²) in [6, 6.07) is -1.80. The second kappa shape index (κ2) is 7.12. The van der Waals surface area contributed by atoms with Crippen LogP contribution in [0.5, 0.6) is 0 Å². The molecule has 0 fully saturated rings. The second-order valence-corrected chi connectivity index (χ2v) is 4.05. The molecule has 1 aromatic heterocycles. The number of aliphatic carboxylic acids is 1. The maximum atomic E-state index is 11.8. The lowest BCUT2D eigenvalue weighted by atomic mass is 10.1. The molecule has 20 heavy (non-hydrogen) atoms. The Morgan fingerprint density at radius 2 is 2.25 bits per heavy atom. The Hall–Kier alpha value is -2.58. The van der Waals surface area contributed by atoms with Crippen molar-refractivity contribution in [3.63, 3.8) is 0 Å². The fourth-order valence-electron chi connectivity index (χ4n) is 1.41. The van der Waals surface area contributed by atoms with E-state index in [0.717, 1.165) is 4.90 Å². The smallest absolute Gasteiger partial charge is 0.326 e. The van der Waals surface area contributed by atoms with Crippen LogP contribution >= 0.6 is 0 Å². The maximum Gasteiger partial charge on any atom is 0.326 e. The first-order valence-electron chi connectivity index (χ1n) is 5.72. The van der Waals surface area contributed by atoms with Crippen LogP contribution in [0.15, 0.2) is 12.5 Å². The Kier molecular flexibility index (Phi) is 5.51. The fourth-order valence-corrected chi connectivity index (χ4v) is 1.41. The first kappa shape index (κ1) is 15.5. The Labute approximate surface area is 114 Å². The largest absolute Gasteiger partial charge is 0.480 e. The normalized spacial score (nSPS) is 11.5. The summed E-state index contributed by atoms with van der Waals surface area (Å²) in [5.74, 6) is -1.78. The molecule has 1 rings (SSSR count). The van der Waals surface area contributed by atoms with Crippen molar-refractivity contribution < 1.29 is 24.2 Å². The zero-order valence-corrected chi connectivity index (χ0v) is 11.1. The molecule has 1 aromatic rings. The topological polar surface area (TPSA) is 125 Å². The predicted octanol–water partition coefficient (Wildman–Crippen LogP) is -0.780. The highest BCUT2D eigenvalue weighted by molar-refractivity contribution is 5.85. The van der Waals surface area contributed by atoms with Gasteiger partial charge in [-0.05, 0) is 0 Å². The quantitative estimate of drug-likeness (QED) is 0.588. The number of methoxy groups -OCH3 is 1. The number of rotatable bonds is 6. The molecule has 1 atom stereocenters. The minimum Gasteiger partial charge on any atom is -0.480 e. The van der Waals surface area contributed by atoms with Crippen molar-refractivity contribution >= 4 is 18.0 Å². The van der Waals surface area contributed by atoms with Gasteiger partial charge in [0.2, 0.25) is 0 Å². The Bertz CT molecular complexity index is 473. The van der Waals surface area contributed by atoms with Gasteiger partial charge in [0.15, 0.2) is 0 Å². The van der Waals surface area contributed by atoms with Gasteiger partial charge < -0.3 is 25.0 Å². The van der Waals surface area contributed by atoms with Crippen LogP contribution in [0.3, 0.4) is 0 Å². The summed E-state index contributed by atoms with van der Waals surface area (Å²) in [6.07, 6.45) is 2.95. The number of carbonyl (C=O) groups is 3. The molecule has 0 spiro atoms. The number of amides is 2. The van der Waals surface area contributed by atoms with Crippen LogP contribution in [0.2, 0.25) is 0 Å². The molecule has 9 heteroatoms. The van der Waals surface area contributed by atoms with E-state index in [1.54, 1.807) is 0 Å². The number of hydrogen-bond acceptors (Lipinski definition) is 5. The number of aromatic amines is 1. The lowest BCUT2D eigenvalue weighted by molar-refractivity contribution is -0.141. The molecule has 0 saturated carbocycles. The highest BCUT2D eigenvalue weighted by atomic mass is 16.5. The van der Waals surface area contributed by atoms with Crippen molar-refractivity contribution in [2.75, 3.05) is 20.7 Å². The fraction of sp³-hybridized carbons (Fsp3) is 0.455. The molecule has 0 saturated heterocycles. The van der Waals surface area contributed by atoms with E-state index in [-0.39, 0.29) is 13.0 Å². The van der Waals surface area contributed by atoms with Gasteiger partial charge in [0.05, 0.1) is 13.4 Å². The number of carbonyl (C=O) groups excluding carboxylic acids is 2. The first-order chi connectivity index (χ1) is 9.43. The average molecular weight is 284 g/mol. The molecule has 2 amide bonds. The van der Waals surface area contributed by atoms with Crippen molar-refractivity contribution in [3.8, 4) is 0 Å². The summed E-state index contributed by atoms with van der Waals surface area (Å²) in [5, 5.41) is 11.4. The van der Waals surface area contributed by atoms with Crippen molar-refractivity contribution in [2.45, 2.75) is 12.5 Å². The van der Waals surface area contributed by atoms with Crippen molar-refractivity contribution in [2.24, 2.45) is 0 Å². The molecule has 0 aliphatic carbocycles. The van der Waals surface area contributed by atoms with Gasteiger partial charge in [0, 0.05) is 25.4 Å². The number of likely N-dealkylation sites (N-methyl/N-ethyl adjacent to an activating group) is 1. The average Bonchev–Trinajstić information content (AvgIpc) is 2.90. The van der Waals surface area contributed by atoms with Gasteiger partial charge in [-0.3, -0.25) is 4.79 Å². The maximum absolute atomic E-state index is 11.8. The number of esters is 1. The molecule has 0 bridgehead atoms. The summed E-state index contributed by atoms with van der Waals surface area (Å²) in [7, 11) is 2.56. The third-order valence-corrected chi connectivity index (χ3v) is 2.52. The number of nitrogens with zero attached hydrogens (tertiary/aromatic N) is 2. The van der Waals surface area contributed by atoms with Gasteiger partial charge in [-0.2, -0.15) is 0 Å². The van der Waals surface area contributed by atoms with E-state index in [0.29, 0.717) is 5.69 Å². The number of ether oxygens (including phenoxy) is 1. The summed E-state index contributed by atoms with van der Waals surface area (Å²) < 4.78 is 4.42. The molecule has 3 N–H and O–H groups in total. The number of nitrogens with one attached hydrogen (secondary N) is 2. The third kappa shape index (κ3) is 4.59.